The molecule has 0 saturated heterocycles. The van der Waals surface area contributed by atoms with Crippen LogP contribution in [0.1, 0.15) is 35.5 Å². The fourth-order valence-corrected chi connectivity index (χ4v) is 1.76. The molecule has 98 valence electrons. The normalized spacial score (nSPS) is 9.89. The summed E-state index contributed by atoms with van der Waals surface area (Å²) in [6.45, 7) is 7.50. The van der Waals surface area contributed by atoms with E-state index in [1.165, 1.54) is 13.2 Å². The lowest BCUT2D eigenvalue weighted by molar-refractivity contribution is 0.0594. The third-order valence-electron chi connectivity index (χ3n) is 2.73. The average Bonchev–Trinajstić information content (AvgIpc) is 2.69. The van der Waals surface area contributed by atoms with Gasteiger partial charge in [0.25, 0.3) is 0 Å². The van der Waals surface area contributed by atoms with E-state index in [1.807, 2.05) is 20.8 Å². The molecule has 3 nitrogen and oxygen atoms in total. The van der Waals surface area contributed by atoms with Gasteiger partial charge in [-0.1, -0.05) is 13.8 Å². The van der Waals surface area contributed by atoms with Crippen molar-refractivity contribution < 1.29 is 13.9 Å². The number of nitrogens with one attached hydrogen (secondary N) is 1. The lowest BCUT2D eigenvalue weighted by Crippen LogP contribution is -2.02. The number of carbonyl (C=O) groups excluding carboxylic acids is 1. The number of aromatic amines is 1. The summed E-state index contributed by atoms with van der Waals surface area (Å²) in [5, 5.41) is 0.847. The van der Waals surface area contributed by atoms with Crippen molar-refractivity contribution in [2.24, 2.45) is 0 Å². The van der Waals surface area contributed by atoms with Gasteiger partial charge in [-0.2, -0.15) is 0 Å². The molecule has 2 rings (SSSR count). The Hall–Kier alpha value is -1.84. The highest BCUT2D eigenvalue weighted by Crippen LogP contribution is 2.24. The van der Waals surface area contributed by atoms with Gasteiger partial charge in [-0.3, -0.25) is 0 Å². The zero-order chi connectivity index (χ0) is 13.9. The minimum atomic E-state index is -0.438. The number of aromatic nitrogens is 1. The molecule has 4 heteroatoms. The van der Waals surface area contributed by atoms with E-state index in [4.69, 9.17) is 0 Å². The quantitative estimate of drug-likeness (QED) is 0.784. The lowest BCUT2D eigenvalue weighted by Gasteiger charge is -1.97. The van der Waals surface area contributed by atoms with E-state index in [9.17, 15) is 9.18 Å². The van der Waals surface area contributed by atoms with Gasteiger partial charge in [0.05, 0.1) is 7.11 Å². The van der Waals surface area contributed by atoms with Crippen molar-refractivity contribution in [3.8, 4) is 0 Å². The van der Waals surface area contributed by atoms with E-state index in [0.29, 0.717) is 16.8 Å². The Kier molecular flexibility index (Phi) is 4.48. The van der Waals surface area contributed by atoms with Crippen molar-refractivity contribution >= 4 is 16.9 Å². The van der Waals surface area contributed by atoms with Gasteiger partial charge in [0.2, 0.25) is 0 Å². The Morgan fingerprint density at radius 1 is 1.28 bits per heavy atom. The number of carbonyl (C=O) groups is 1. The number of rotatable bonds is 1. The minimum Gasteiger partial charge on any atom is -0.464 e. The van der Waals surface area contributed by atoms with Crippen LogP contribution in [-0.2, 0) is 4.74 Å². The fourth-order valence-electron chi connectivity index (χ4n) is 1.76. The van der Waals surface area contributed by atoms with Crippen LogP contribution in [0.25, 0.3) is 10.9 Å². The van der Waals surface area contributed by atoms with Crippen molar-refractivity contribution in [1.82, 2.24) is 4.98 Å². The summed E-state index contributed by atoms with van der Waals surface area (Å²) in [5.41, 5.74) is 2.33. The number of aryl methyl sites for hydroxylation is 2. The molecule has 1 heterocycles. The molecule has 1 N–H and O–H groups in total. The van der Waals surface area contributed by atoms with Crippen LogP contribution >= 0.6 is 0 Å². The molecule has 0 amide bonds. The molecule has 1 aromatic heterocycles. The summed E-state index contributed by atoms with van der Waals surface area (Å²) in [6, 6.07) is 3.12. The number of hydrogen-bond donors (Lipinski definition) is 1. The van der Waals surface area contributed by atoms with E-state index < -0.39 is 5.97 Å². The molecule has 0 bridgehead atoms. The molecule has 18 heavy (non-hydrogen) atoms. The van der Waals surface area contributed by atoms with Crippen LogP contribution in [0.5, 0.6) is 0 Å². The highest BCUT2D eigenvalue weighted by molar-refractivity contribution is 5.98. The molecule has 1 aromatic carbocycles. The number of H-pyrrole nitrogens is 1. The molecule has 0 unspecified atom stereocenters. The van der Waals surface area contributed by atoms with Crippen molar-refractivity contribution in [2.75, 3.05) is 7.11 Å². The number of benzene rings is 1. The van der Waals surface area contributed by atoms with Crippen molar-refractivity contribution in [3.05, 3.63) is 34.8 Å². The molecule has 2 aromatic rings. The summed E-state index contributed by atoms with van der Waals surface area (Å²) in [4.78, 5) is 14.3. The first-order chi connectivity index (χ1) is 8.54. The van der Waals surface area contributed by atoms with Gasteiger partial charge in [0.15, 0.2) is 0 Å². The molecule has 0 fully saturated rings. The van der Waals surface area contributed by atoms with E-state index >= 15 is 0 Å². The zero-order valence-electron chi connectivity index (χ0n) is 11.3. The molecule has 0 atom stereocenters. The van der Waals surface area contributed by atoms with Gasteiger partial charge in [0.1, 0.15) is 11.5 Å². The molecule has 0 saturated carbocycles. The van der Waals surface area contributed by atoms with Gasteiger partial charge in [-0.25, -0.2) is 9.18 Å². The van der Waals surface area contributed by atoms with Gasteiger partial charge in [0, 0.05) is 10.9 Å². The molecule has 0 spiro atoms. The fraction of sp³-hybridized carbons (Fsp3) is 0.357. The van der Waals surface area contributed by atoms with Crippen LogP contribution in [0.3, 0.4) is 0 Å². The predicted octanol–water partition coefficient (Wildman–Crippen LogP) is 3.74. The zero-order valence-corrected chi connectivity index (χ0v) is 11.3. The Morgan fingerprint density at radius 2 is 1.89 bits per heavy atom. The summed E-state index contributed by atoms with van der Waals surface area (Å²) >= 11 is 0. The first kappa shape index (κ1) is 14.2. The van der Waals surface area contributed by atoms with E-state index in [2.05, 4.69) is 9.72 Å². The number of fused-ring (bicyclic) bond motifs is 1. The molecule has 0 aliphatic rings. The molecular weight excluding hydrogens is 233 g/mol. The van der Waals surface area contributed by atoms with Crippen LogP contribution in [0, 0.1) is 19.7 Å². The Labute approximate surface area is 106 Å². The lowest BCUT2D eigenvalue weighted by atomic mass is 10.1. The third kappa shape index (κ3) is 2.37. The van der Waals surface area contributed by atoms with E-state index in [0.717, 1.165) is 10.9 Å². The highest BCUT2D eigenvalue weighted by atomic mass is 19.1. The third-order valence-corrected chi connectivity index (χ3v) is 2.73. The van der Waals surface area contributed by atoms with Crippen molar-refractivity contribution in [1.29, 1.82) is 0 Å². The second kappa shape index (κ2) is 5.67. The van der Waals surface area contributed by atoms with Crippen molar-refractivity contribution in [2.45, 2.75) is 27.7 Å². The number of ether oxygens (including phenoxy) is 1. The standard InChI is InChI=1S/C12H12FNO2.C2H6/c1-6-4-8-7(2)11(12(15)16-3)14-10(8)5-9(6)13;1-2/h4-5,14H,1-3H3;1-2H3. The van der Waals surface area contributed by atoms with Gasteiger partial charge < -0.3 is 9.72 Å². The van der Waals surface area contributed by atoms with Gasteiger partial charge >= 0.3 is 5.97 Å². The van der Waals surface area contributed by atoms with Crippen LogP contribution in [0.4, 0.5) is 4.39 Å². The number of halogens is 1. The predicted molar refractivity (Wildman–Crippen MR) is 70.4 cm³/mol. The second-order valence-corrected chi connectivity index (χ2v) is 3.76. The van der Waals surface area contributed by atoms with Crippen LogP contribution in [0.2, 0.25) is 0 Å². The smallest absolute Gasteiger partial charge is 0.354 e. The van der Waals surface area contributed by atoms with Gasteiger partial charge in [-0.15, -0.1) is 0 Å². The van der Waals surface area contributed by atoms with E-state index in [-0.39, 0.29) is 5.82 Å². The minimum absolute atomic E-state index is 0.287. The summed E-state index contributed by atoms with van der Waals surface area (Å²) in [6.07, 6.45) is 0. The van der Waals surface area contributed by atoms with E-state index in [1.54, 1.807) is 13.0 Å². The molecule has 0 radical (unpaired) electrons. The van der Waals surface area contributed by atoms with Gasteiger partial charge in [-0.05, 0) is 37.1 Å². The Balaban J connectivity index is 0.000000771. The van der Waals surface area contributed by atoms with Crippen LogP contribution in [0.15, 0.2) is 12.1 Å². The summed E-state index contributed by atoms with van der Waals surface area (Å²) in [5.74, 6) is -0.725. The summed E-state index contributed by atoms with van der Waals surface area (Å²) < 4.78 is 18.0. The molecular formula is C14H18FNO2. The van der Waals surface area contributed by atoms with Crippen molar-refractivity contribution in [3.63, 3.8) is 0 Å². The number of esters is 1. The summed E-state index contributed by atoms with van der Waals surface area (Å²) in [7, 11) is 1.32. The SMILES string of the molecule is CC.COC(=O)c1[nH]c2cc(F)c(C)cc2c1C. The maximum atomic E-state index is 13.3. The maximum Gasteiger partial charge on any atom is 0.354 e. The average molecular weight is 251 g/mol. The van der Waals surface area contributed by atoms with Crippen LogP contribution in [-0.4, -0.2) is 18.1 Å². The Morgan fingerprint density at radius 3 is 2.44 bits per heavy atom. The molecule has 0 aliphatic heterocycles. The largest absolute Gasteiger partial charge is 0.464 e. The maximum absolute atomic E-state index is 13.3. The topological polar surface area (TPSA) is 42.1 Å². The monoisotopic (exact) mass is 251 g/mol. The second-order valence-electron chi connectivity index (χ2n) is 3.76. The number of methoxy groups -OCH3 is 1. The molecule has 0 aliphatic carbocycles. The number of hydrogen-bond acceptors (Lipinski definition) is 2. The first-order valence-corrected chi connectivity index (χ1v) is 5.91. The first-order valence-electron chi connectivity index (χ1n) is 5.91. The highest BCUT2D eigenvalue weighted by Gasteiger charge is 2.15. The van der Waals surface area contributed by atoms with Crippen LogP contribution < -0.4 is 0 Å². The Bertz CT molecular complexity index is 573.